The summed E-state index contributed by atoms with van der Waals surface area (Å²) in [6, 6.07) is 0.193. The fraction of sp³-hybridized carbons (Fsp3) is 0.889. The molecule has 0 aromatic carbocycles. The van der Waals surface area contributed by atoms with Gasteiger partial charge in [-0.3, -0.25) is 4.79 Å². The van der Waals surface area contributed by atoms with Crippen LogP contribution in [0.2, 0.25) is 0 Å². The highest BCUT2D eigenvalue weighted by Gasteiger charge is 2.52. The Morgan fingerprint density at radius 2 is 1.92 bits per heavy atom. The van der Waals surface area contributed by atoms with Crippen LogP contribution in [-0.2, 0) is 4.79 Å². The number of hydrogen-bond donors (Lipinski definition) is 1. The lowest BCUT2D eigenvalue weighted by Crippen LogP contribution is -2.46. The van der Waals surface area contributed by atoms with Crippen molar-refractivity contribution in [3.63, 3.8) is 0 Å². The maximum Gasteiger partial charge on any atom is 0.260 e. The Morgan fingerprint density at radius 3 is 2.38 bits per heavy atom. The van der Waals surface area contributed by atoms with Crippen molar-refractivity contribution in [3.8, 4) is 0 Å². The molecule has 2 rings (SSSR count). The number of halogens is 1. The first-order chi connectivity index (χ1) is 6.12. The fourth-order valence-corrected chi connectivity index (χ4v) is 1.71. The summed E-state index contributed by atoms with van der Waals surface area (Å²) >= 11 is 0. The summed E-state index contributed by atoms with van der Waals surface area (Å²) in [5.74, 6) is -0.306. The molecular formula is C9H15FN2O. The maximum absolute atomic E-state index is 13.4. The van der Waals surface area contributed by atoms with E-state index in [9.17, 15) is 9.18 Å². The molecule has 0 unspecified atom stereocenters. The first-order valence-electron chi connectivity index (χ1n) is 4.86. The molecule has 1 saturated carbocycles. The van der Waals surface area contributed by atoms with Crippen LogP contribution in [0.4, 0.5) is 4.39 Å². The first kappa shape index (κ1) is 8.94. The van der Waals surface area contributed by atoms with Gasteiger partial charge in [-0.25, -0.2) is 4.39 Å². The van der Waals surface area contributed by atoms with Gasteiger partial charge in [0.25, 0.3) is 5.91 Å². The molecule has 0 atom stereocenters. The maximum atomic E-state index is 13.4. The number of alkyl halides is 1. The molecule has 1 heterocycles. The summed E-state index contributed by atoms with van der Waals surface area (Å²) in [5.41, 5.74) is 4.19. The average molecular weight is 186 g/mol. The lowest BCUT2D eigenvalue weighted by molar-refractivity contribution is -0.139. The lowest BCUT2D eigenvalue weighted by atomic mass is 10.1. The number of piperidine rings is 1. The smallest absolute Gasteiger partial charge is 0.260 e. The topological polar surface area (TPSA) is 46.3 Å². The summed E-state index contributed by atoms with van der Waals surface area (Å²) in [6.07, 6.45) is 2.44. The minimum atomic E-state index is -1.50. The number of nitrogens with two attached hydrogens (primary N) is 1. The minimum absolute atomic E-state index is 0.193. The van der Waals surface area contributed by atoms with Gasteiger partial charge in [-0.2, -0.15) is 0 Å². The number of amides is 1. The Kier molecular flexibility index (Phi) is 2.02. The van der Waals surface area contributed by atoms with Crippen molar-refractivity contribution in [2.24, 2.45) is 5.73 Å². The van der Waals surface area contributed by atoms with Crippen molar-refractivity contribution in [3.05, 3.63) is 0 Å². The Balaban J connectivity index is 1.91. The highest BCUT2D eigenvalue weighted by molar-refractivity contribution is 5.88. The number of nitrogens with zero attached hydrogens (tertiary/aromatic N) is 1. The zero-order valence-electron chi connectivity index (χ0n) is 7.63. The van der Waals surface area contributed by atoms with E-state index in [1.807, 2.05) is 0 Å². The van der Waals surface area contributed by atoms with Crippen molar-refractivity contribution < 1.29 is 9.18 Å². The van der Waals surface area contributed by atoms with Crippen LogP contribution in [0.3, 0.4) is 0 Å². The number of hydrogen-bond acceptors (Lipinski definition) is 2. The highest BCUT2D eigenvalue weighted by Crippen LogP contribution is 2.41. The molecule has 0 spiro atoms. The van der Waals surface area contributed by atoms with Gasteiger partial charge in [0.2, 0.25) is 0 Å². The van der Waals surface area contributed by atoms with Crippen LogP contribution in [0, 0.1) is 0 Å². The van der Waals surface area contributed by atoms with Crippen molar-refractivity contribution >= 4 is 5.91 Å². The molecule has 0 bridgehead atoms. The van der Waals surface area contributed by atoms with Gasteiger partial charge in [-0.15, -0.1) is 0 Å². The van der Waals surface area contributed by atoms with Gasteiger partial charge < -0.3 is 10.6 Å². The van der Waals surface area contributed by atoms with Crippen LogP contribution in [0.15, 0.2) is 0 Å². The first-order valence-corrected chi connectivity index (χ1v) is 4.86. The molecule has 1 aliphatic heterocycles. The average Bonchev–Trinajstić information content (AvgIpc) is 2.85. The van der Waals surface area contributed by atoms with Gasteiger partial charge >= 0.3 is 0 Å². The van der Waals surface area contributed by atoms with Crippen molar-refractivity contribution in [2.75, 3.05) is 13.1 Å². The molecule has 0 aromatic rings. The molecule has 2 N–H and O–H groups in total. The van der Waals surface area contributed by atoms with Crippen LogP contribution < -0.4 is 5.73 Å². The number of likely N-dealkylation sites (tertiary alicyclic amines) is 1. The van der Waals surface area contributed by atoms with Crippen molar-refractivity contribution in [1.82, 2.24) is 4.90 Å². The molecule has 1 saturated heterocycles. The summed E-state index contributed by atoms with van der Waals surface area (Å²) in [7, 11) is 0. The van der Waals surface area contributed by atoms with Gasteiger partial charge in [0.1, 0.15) is 0 Å². The van der Waals surface area contributed by atoms with Gasteiger partial charge in [0.15, 0.2) is 5.67 Å². The second-order valence-electron chi connectivity index (χ2n) is 4.09. The Bertz CT molecular complexity index is 220. The van der Waals surface area contributed by atoms with E-state index in [-0.39, 0.29) is 11.9 Å². The Morgan fingerprint density at radius 1 is 1.38 bits per heavy atom. The molecule has 0 aromatic heterocycles. The summed E-state index contributed by atoms with van der Waals surface area (Å²) in [6.45, 7) is 1.26. The van der Waals surface area contributed by atoms with E-state index in [4.69, 9.17) is 5.73 Å². The van der Waals surface area contributed by atoms with Crippen LogP contribution in [0.25, 0.3) is 0 Å². The zero-order valence-corrected chi connectivity index (χ0v) is 7.63. The molecule has 13 heavy (non-hydrogen) atoms. The Labute approximate surface area is 77.1 Å². The zero-order chi connectivity index (χ0) is 9.47. The van der Waals surface area contributed by atoms with Crippen molar-refractivity contribution in [2.45, 2.75) is 37.4 Å². The molecule has 3 nitrogen and oxygen atoms in total. The molecule has 2 fully saturated rings. The molecule has 74 valence electrons. The van der Waals surface area contributed by atoms with Gasteiger partial charge in [-0.1, -0.05) is 0 Å². The summed E-state index contributed by atoms with van der Waals surface area (Å²) < 4.78 is 13.4. The third-order valence-electron chi connectivity index (χ3n) is 2.90. The van der Waals surface area contributed by atoms with Crippen LogP contribution in [0.1, 0.15) is 25.7 Å². The molecule has 0 radical (unpaired) electrons. The Hall–Kier alpha value is -0.640. The van der Waals surface area contributed by atoms with Gasteiger partial charge in [-0.05, 0) is 25.7 Å². The van der Waals surface area contributed by atoms with E-state index in [1.165, 1.54) is 0 Å². The lowest BCUT2D eigenvalue weighted by Gasteiger charge is -2.31. The van der Waals surface area contributed by atoms with E-state index in [0.29, 0.717) is 25.9 Å². The van der Waals surface area contributed by atoms with E-state index >= 15 is 0 Å². The molecule has 2 aliphatic rings. The minimum Gasteiger partial charge on any atom is -0.340 e. The largest absolute Gasteiger partial charge is 0.340 e. The quantitative estimate of drug-likeness (QED) is 0.645. The van der Waals surface area contributed by atoms with E-state index in [2.05, 4.69) is 0 Å². The molecule has 1 aliphatic carbocycles. The number of rotatable bonds is 1. The molecule has 4 heteroatoms. The fourth-order valence-electron chi connectivity index (χ4n) is 1.71. The third-order valence-corrected chi connectivity index (χ3v) is 2.90. The third kappa shape index (κ3) is 1.68. The normalized spacial score (nSPS) is 27.4. The predicted molar refractivity (Wildman–Crippen MR) is 46.9 cm³/mol. The van der Waals surface area contributed by atoms with E-state index < -0.39 is 5.67 Å². The van der Waals surface area contributed by atoms with Gasteiger partial charge in [0, 0.05) is 19.1 Å². The SMILES string of the molecule is NC1CCN(C(=O)C2(F)CC2)CC1. The number of carbonyl (C=O) groups excluding carboxylic acids is 1. The second kappa shape index (κ2) is 2.94. The van der Waals surface area contributed by atoms with E-state index in [1.54, 1.807) is 4.90 Å². The molecular weight excluding hydrogens is 171 g/mol. The molecule has 1 amide bonds. The highest BCUT2D eigenvalue weighted by atomic mass is 19.1. The van der Waals surface area contributed by atoms with Crippen molar-refractivity contribution in [1.29, 1.82) is 0 Å². The summed E-state index contributed by atoms with van der Waals surface area (Å²) in [5, 5.41) is 0. The van der Waals surface area contributed by atoms with Crippen LogP contribution >= 0.6 is 0 Å². The summed E-state index contributed by atoms with van der Waals surface area (Å²) in [4.78, 5) is 13.1. The standard InChI is InChI=1S/C9H15FN2O/c10-9(3-4-9)8(13)12-5-1-7(11)2-6-12/h7H,1-6,11H2. The monoisotopic (exact) mass is 186 g/mol. The second-order valence-corrected chi connectivity index (χ2v) is 4.09. The van der Waals surface area contributed by atoms with Crippen LogP contribution in [0.5, 0.6) is 0 Å². The number of carbonyl (C=O) groups is 1. The van der Waals surface area contributed by atoms with Gasteiger partial charge in [0.05, 0.1) is 0 Å². The van der Waals surface area contributed by atoms with Crippen LogP contribution in [-0.4, -0.2) is 35.6 Å². The van der Waals surface area contributed by atoms with E-state index in [0.717, 1.165) is 12.8 Å². The predicted octanol–water partition coefficient (Wildman–Crippen LogP) is 0.438.